The summed E-state index contributed by atoms with van der Waals surface area (Å²) in [4.78, 5) is 52.9. The number of amides is 3. The maximum atomic E-state index is 13.4. The number of carbonyl (C=O) groups excluding carboxylic acids is 4. The Hall–Kier alpha value is -4.94. The summed E-state index contributed by atoms with van der Waals surface area (Å²) in [5.74, 6) is -0.341. The lowest BCUT2D eigenvalue weighted by Gasteiger charge is -2.21. The highest BCUT2D eigenvalue weighted by Gasteiger charge is 2.24. The van der Waals surface area contributed by atoms with Gasteiger partial charge in [-0.1, -0.05) is 57.2 Å². The third-order valence-corrected chi connectivity index (χ3v) is 9.38. The molecule has 0 atom stereocenters. The van der Waals surface area contributed by atoms with Crippen LogP contribution in [0, 0.1) is 0 Å². The van der Waals surface area contributed by atoms with E-state index < -0.39 is 0 Å². The second-order valence-corrected chi connectivity index (χ2v) is 14.1. The number of methoxy groups -OCH3 is 1. The van der Waals surface area contributed by atoms with Crippen LogP contribution in [0.25, 0.3) is 22.6 Å². The number of ether oxygens (including phenoxy) is 5. The van der Waals surface area contributed by atoms with Crippen molar-refractivity contribution in [1.29, 1.82) is 0 Å². The summed E-state index contributed by atoms with van der Waals surface area (Å²) in [7, 11) is 3.47. The van der Waals surface area contributed by atoms with Gasteiger partial charge >= 0.3 is 0 Å². The van der Waals surface area contributed by atoms with E-state index in [9.17, 15) is 14.4 Å². The molecule has 0 saturated carbocycles. The highest BCUT2D eigenvalue weighted by molar-refractivity contribution is 6.15. The Morgan fingerprint density at radius 3 is 2.02 bits per heavy atom. The number of aromatic amines is 1. The smallest absolute Gasteiger partial charge is 0.292 e. The molecular weight excluding hydrogens is 866 g/mol. The number of fused-ring (bicyclic) bond motifs is 1. The van der Waals surface area contributed by atoms with E-state index in [-0.39, 0.29) is 30.7 Å². The number of piperazine rings is 1. The van der Waals surface area contributed by atoms with Gasteiger partial charge in [-0.3, -0.25) is 19.2 Å². The lowest BCUT2D eigenvalue weighted by molar-refractivity contribution is -0.126. The fourth-order valence-corrected chi connectivity index (χ4v) is 6.18. The first-order chi connectivity index (χ1) is 32.2. The molecule has 17 heteroatoms. The number of alkyl halides is 1. The maximum absolute atomic E-state index is 13.4. The number of benzene rings is 2. The minimum absolute atomic E-state index is 0.0143. The molecule has 66 heavy (non-hydrogen) atoms. The van der Waals surface area contributed by atoms with Crippen LogP contribution in [0.15, 0.2) is 66.8 Å². The SMILES string of the molecule is C=C.CC.CC/C=c1/cccc/c1=C1\CCN(C(=O)c2cc3cc(/C(C)=N/NC(=O)CCOCCOCCOCCOCCNC(C)=O)ccc3[nH]2)C1.CCl.CN1CCNCC1.COC=O. The molecule has 3 heterocycles. The molecule has 5 rings (SSSR count). The van der Waals surface area contributed by atoms with Crippen molar-refractivity contribution in [2.75, 3.05) is 119 Å². The number of likely N-dealkylation sites (tertiary alicyclic amines) is 1. The number of nitrogens with zero attached hydrogens (tertiary/aromatic N) is 3. The first kappa shape index (κ1) is 61.1. The van der Waals surface area contributed by atoms with Crippen LogP contribution in [0.3, 0.4) is 0 Å². The summed E-state index contributed by atoms with van der Waals surface area (Å²) in [6, 6.07) is 16.1. The van der Waals surface area contributed by atoms with Gasteiger partial charge in [-0.25, -0.2) is 5.43 Å². The Bertz CT molecular complexity index is 1940. The van der Waals surface area contributed by atoms with E-state index in [1.807, 2.05) is 49.9 Å². The van der Waals surface area contributed by atoms with Gasteiger partial charge in [0.15, 0.2) is 0 Å². The van der Waals surface area contributed by atoms with Gasteiger partial charge in [0.1, 0.15) is 5.69 Å². The molecule has 0 aliphatic carbocycles. The molecule has 0 spiro atoms. The van der Waals surface area contributed by atoms with Gasteiger partial charge in [0.05, 0.1) is 72.1 Å². The Kier molecular flexibility index (Phi) is 37.3. The quantitative estimate of drug-likeness (QED) is 0.0313. The van der Waals surface area contributed by atoms with Gasteiger partial charge in [0.2, 0.25) is 11.8 Å². The summed E-state index contributed by atoms with van der Waals surface area (Å²) >= 11 is 4.64. The number of carbonyl (C=O) groups is 4. The van der Waals surface area contributed by atoms with E-state index in [4.69, 9.17) is 23.7 Å². The van der Waals surface area contributed by atoms with Gasteiger partial charge in [0.25, 0.3) is 12.4 Å². The van der Waals surface area contributed by atoms with E-state index >= 15 is 0 Å². The predicted molar refractivity (Wildman–Crippen MR) is 267 cm³/mol. The molecule has 2 saturated heterocycles. The summed E-state index contributed by atoms with van der Waals surface area (Å²) in [6.45, 7) is 25.6. The second-order valence-electron chi connectivity index (χ2n) is 14.1. The second kappa shape index (κ2) is 40.3. The zero-order chi connectivity index (χ0) is 49.4. The Morgan fingerprint density at radius 1 is 0.864 bits per heavy atom. The summed E-state index contributed by atoms with van der Waals surface area (Å²) < 4.78 is 25.5. The van der Waals surface area contributed by atoms with E-state index in [0.717, 1.165) is 42.4 Å². The fourth-order valence-electron chi connectivity index (χ4n) is 6.18. The molecule has 16 nitrogen and oxygen atoms in total. The van der Waals surface area contributed by atoms with E-state index in [0.29, 0.717) is 83.8 Å². The number of rotatable bonds is 20. The number of hydrogen-bond donors (Lipinski definition) is 4. The van der Waals surface area contributed by atoms with Crippen LogP contribution in [0.4, 0.5) is 0 Å². The monoisotopic (exact) mass is 944 g/mol. The molecule has 4 N–H and O–H groups in total. The number of hydrogen-bond acceptors (Lipinski definition) is 12. The molecule has 3 amide bonds. The number of H-pyrrole nitrogens is 1. The number of likely N-dealkylation sites (N-methyl/N-ethyl adjacent to an activating group) is 1. The van der Waals surface area contributed by atoms with Crippen molar-refractivity contribution in [2.24, 2.45) is 5.10 Å². The molecule has 2 aromatic carbocycles. The van der Waals surface area contributed by atoms with Crippen LogP contribution in [0.1, 0.15) is 69.9 Å². The van der Waals surface area contributed by atoms with Crippen molar-refractivity contribution >= 4 is 64.1 Å². The Morgan fingerprint density at radius 2 is 1.45 bits per heavy atom. The van der Waals surface area contributed by atoms with E-state index in [1.165, 1.54) is 49.5 Å². The van der Waals surface area contributed by atoms with Crippen molar-refractivity contribution in [1.82, 2.24) is 30.8 Å². The molecule has 0 bridgehead atoms. The van der Waals surface area contributed by atoms with E-state index in [1.54, 1.807) is 0 Å². The van der Waals surface area contributed by atoms with Crippen molar-refractivity contribution < 1.29 is 42.9 Å². The Labute approximate surface area is 398 Å². The standard InChI is InChI=1S/C37H49N5O7.C5H12N2.C2H4O2.C2H6.C2H4.CH3Cl/c1-4-7-29-8-5-6-9-33(29)31-12-15-42(26-31)37(45)35-25-32-24-30(10-11-34(32)39-35)27(2)40-41-36(44)13-16-46-18-20-48-22-23-49-21-19-47-17-14-38-28(3)43;1-7-4-2-6-3-5-7;1-4-2-3;3*1-2/h5-11,24-25,39H,4,12-23,26H2,1-3H3,(H,38,43)(H,41,44);6H,2-5H2,1H3;2H,1H3;1-2H3;1-2H2;1H3/b29-7-,33-31-,40-27+;;;;;. The first-order valence-electron chi connectivity index (χ1n) is 22.5. The normalized spacial score (nSPS) is 14.3. The van der Waals surface area contributed by atoms with Gasteiger partial charge < -0.3 is 49.1 Å². The van der Waals surface area contributed by atoms with Crippen LogP contribution in [0.2, 0.25) is 0 Å². The molecule has 2 aliphatic rings. The van der Waals surface area contributed by atoms with Crippen molar-refractivity contribution in [3.8, 4) is 0 Å². The van der Waals surface area contributed by atoms with Crippen LogP contribution in [0.5, 0.6) is 0 Å². The van der Waals surface area contributed by atoms with Gasteiger partial charge in [0, 0.05) is 70.0 Å². The van der Waals surface area contributed by atoms with Crippen molar-refractivity contribution in [2.45, 2.75) is 53.9 Å². The van der Waals surface area contributed by atoms with Gasteiger partial charge in [-0.15, -0.1) is 24.8 Å². The van der Waals surface area contributed by atoms with Gasteiger partial charge in [-0.05, 0) is 66.6 Å². The molecular formula is C49H78ClN7O9. The highest BCUT2D eigenvalue weighted by Crippen LogP contribution is 2.22. The fraction of sp³-hybridized carbons (Fsp3) is 0.531. The minimum Gasteiger partial charge on any atom is -0.471 e. The third-order valence-electron chi connectivity index (χ3n) is 9.38. The average Bonchev–Trinajstić information content (AvgIpc) is 4.03. The van der Waals surface area contributed by atoms with Crippen molar-refractivity contribution in [3.05, 3.63) is 83.4 Å². The van der Waals surface area contributed by atoms with Crippen LogP contribution in [-0.4, -0.2) is 164 Å². The minimum atomic E-state index is -0.249. The van der Waals surface area contributed by atoms with Crippen LogP contribution in [-0.2, 0) is 38.1 Å². The molecule has 2 fully saturated rings. The zero-order valence-electron chi connectivity index (χ0n) is 40.8. The number of halogens is 1. The summed E-state index contributed by atoms with van der Waals surface area (Å²) in [5, 5.41) is 13.5. The molecule has 1 aromatic heterocycles. The van der Waals surface area contributed by atoms with E-state index in [2.05, 4.69) is 105 Å². The number of nitrogens with one attached hydrogen (secondary N) is 4. The molecule has 3 aromatic rings. The van der Waals surface area contributed by atoms with Crippen LogP contribution >= 0.6 is 11.6 Å². The topological polar surface area (TPSA) is 185 Å². The highest BCUT2D eigenvalue weighted by atomic mass is 35.5. The van der Waals surface area contributed by atoms with Crippen molar-refractivity contribution in [3.63, 3.8) is 0 Å². The maximum Gasteiger partial charge on any atom is 0.292 e. The van der Waals surface area contributed by atoms with Gasteiger partial charge in [-0.2, -0.15) is 5.10 Å². The lowest BCUT2D eigenvalue weighted by atomic mass is 10.1. The lowest BCUT2D eigenvalue weighted by Crippen LogP contribution is -2.40. The third kappa shape index (κ3) is 26.3. The molecule has 370 valence electrons. The molecule has 0 radical (unpaired) electrons. The largest absolute Gasteiger partial charge is 0.471 e. The molecule has 0 unspecified atom stereocenters. The Balaban J connectivity index is 0.00000213. The van der Waals surface area contributed by atoms with Crippen LogP contribution < -0.4 is 26.5 Å². The molecule has 2 aliphatic heterocycles. The first-order valence-corrected chi connectivity index (χ1v) is 23.2. The summed E-state index contributed by atoms with van der Waals surface area (Å²) in [6.07, 6.45) is 5.70. The number of hydrazone groups is 1. The number of aromatic nitrogens is 1. The summed E-state index contributed by atoms with van der Waals surface area (Å²) in [5.41, 5.74) is 6.80. The average molecular weight is 945 g/mol. The predicted octanol–water partition coefficient (Wildman–Crippen LogP) is 4.48. The zero-order valence-corrected chi connectivity index (χ0v) is 41.6.